The monoisotopic (exact) mass is 333 g/mol. The second-order valence-electron chi connectivity index (χ2n) is 5.71. The lowest BCUT2D eigenvalue weighted by atomic mass is 10.1. The zero-order chi connectivity index (χ0) is 17.2. The van der Waals surface area contributed by atoms with E-state index < -0.39 is 0 Å². The quantitative estimate of drug-likeness (QED) is 0.655. The van der Waals surface area contributed by atoms with Gasteiger partial charge in [0.15, 0.2) is 18.1 Å². The molecule has 0 bridgehead atoms. The summed E-state index contributed by atoms with van der Waals surface area (Å²) in [6.45, 7) is 9.30. The molecule has 0 spiro atoms. The summed E-state index contributed by atoms with van der Waals surface area (Å²) in [5.74, 6) is 1.08. The second-order valence-corrected chi connectivity index (χ2v) is 5.71. The number of hydrogen-bond acceptors (Lipinski definition) is 5. The van der Waals surface area contributed by atoms with Crippen LogP contribution in [0.2, 0.25) is 0 Å². The molecule has 1 saturated heterocycles. The average Bonchev–Trinajstić information content (AvgIpc) is 2.61. The van der Waals surface area contributed by atoms with Crippen LogP contribution in [-0.2, 0) is 11.2 Å². The Bertz CT molecular complexity index is 542. The number of nitrogens with zero attached hydrogens (tertiary/aromatic N) is 1. The lowest BCUT2D eigenvalue weighted by molar-refractivity contribution is -0.123. The first-order valence-corrected chi connectivity index (χ1v) is 8.33. The number of amides is 1. The van der Waals surface area contributed by atoms with Gasteiger partial charge in [-0.25, -0.2) is 0 Å². The van der Waals surface area contributed by atoms with E-state index in [1.54, 1.807) is 7.11 Å². The summed E-state index contributed by atoms with van der Waals surface area (Å²) in [6, 6.07) is 5.67. The molecule has 132 valence electrons. The fraction of sp³-hybridized carbons (Fsp3) is 0.500. The Kier molecular flexibility index (Phi) is 7.58. The van der Waals surface area contributed by atoms with E-state index in [0.29, 0.717) is 18.0 Å². The third-order valence-corrected chi connectivity index (χ3v) is 3.93. The van der Waals surface area contributed by atoms with E-state index in [1.807, 2.05) is 24.3 Å². The molecule has 0 radical (unpaired) electrons. The van der Waals surface area contributed by atoms with Gasteiger partial charge in [-0.1, -0.05) is 12.1 Å². The molecule has 0 aliphatic carbocycles. The van der Waals surface area contributed by atoms with Gasteiger partial charge in [-0.2, -0.15) is 0 Å². The van der Waals surface area contributed by atoms with Crippen LogP contribution >= 0.6 is 0 Å². The van der Waals surface area contributed by atoms with Gasteiger partial charge >= 0.3 is 0 Å². The number of ether oxygens (including phenoxy) is 2. The number of benzene rings is 1. The van der Waals surface area contributed by atoms with E-state index in [9.17, 15) is 4.79 Å². The zero-order valence-corrected chi connectivity index (χ0v) is 14.3. The first kappa shape index (κ1) is 18.3. The predicted octanol–water partition coefficient (Wildman–Crippen LogP) is 0.824. The largest absolute Gasteiger partial charge is 0.493 e. The molecule has 0 saturated carbocycles. The highest BCUT2D eigenvalue weighted by Gasteiger charge is 2.11. The lowest BCUT2D eigenvalue weighted by Crippen LogP contribution is -2.46. The third kappa shape index (κ3) is 5.86. The van der Waals surface area contributed by atoms with Crippen molar-refractivity contribution in [1.82, 2.24) is 15.5 Å². The van der Waals surface area contributed by atoms with Gasteiger partial charge in [0.2, 0.25) is 0 Å². The van der Waals surface area contributed by atoms with E-state index in [1.165, 1.54) is 0 Å². The summed E-state index contributed by atoms with van der Waals surface area (Å²) in [7, 11) is 1.59. The Morgan fingerprint density at radius 1 is 1.38 bits per heavy atom. The van der Waals surface area contributed by atoms with Gasteiger partial charge in [0.25, 0.3) is 5.91 Å². The fourth-order valence-corrected chi connectivity index (χ4v) is 2.61. The second kappa shape index (κ2) is 9.95. The fourth-order valence-electron chi connectivity index (χ4n) is 2.61. The van der Waals surface area contributed by atoms with Crippen LogP contribution in [0.15, 0.2) is 30.9 Å². The summed E-state index contributed by atoms with van der Waals surface area (Å²) in [6.07, 6.45) is 2.60. The average molecular weight is 333 g/mol. The van der Waals surface area contributed by atoms with Crippen molar-refractivity contribution < 1.29 is 14.3 Å². The van der Waals surface area contributed by atoms with Crippen LogP contribution in [-0.4, -0.2) is 63.8 Å². The molecular weight excluding hydrogens is 306 g/mol. The molecule has 6 nitrogen and oxygen atoms in total. The SMILES string of the molecule is C=CCc1ccc(OCC(=O)NCCN2CCNCC2)c(OC)c1. The molecule has 0 atom stereocenters. The zero-order valence-electron chi connectivity index (χ0n) is 14.3. The minimum Gasteiger partial charge on any atom is -0.493 e. The Hall–Kier alpha value is -2.05. The first-order valence-electron chi connectivity index (χ1n) is 8.33. The topological polar surface area (TPSA) is 62.8 Å². The summed E-state index contributed by atoms with van der Waals surface area (Å²) in [5.41, 5.74) is 1.09. The molecule has 1 aliphatic heterocycles. The number of methoxy groups -OCH3 is 1. The number of nitrogens with one attached hydrogen (secondary N) is 2. The smallest absolute Gasteiger partial charge is 0.257 e. The summed E-state index contributed by atoms with van der Waals surface area (Å²) >= 11 is 0. The van der Waals surface area contributed by atoms with Gasteiger partial charge in [-0.3, -0.25) is 9.69 Å². The molecule has 1 aromatic carbocycles. The van der Waals surface area contributed by atoms with Crippen molar-refractivity contribution in [3.8, 4) is 11.5 Å². The Labute approximate surface area is 143 Å². The van der Waals surface area contributed by atoms with Crippen LogP contribution < -0.4 is 20.1 Å². The van der Waals surface area contributed by atoms with Crippen molar-refractivity contribution in [2.75, 3.05) is 53.0 Å². The molecular formula is C18H27N3O3. The molecule has 1 amide bonds. The van der Waals surface area contributed by atoms with Crippen LogP contribution in [0.25, 0.3) is 0 Å². The van der Waals surface area contributed by atoms with Crippen molar-refractivity contribution in [3.63, 3.8) is 0 Å². The Morgan fingerprint density at radius 2 is 2.17 bits per heavy atom. The van der Waals surface area contributed by atoms with E-state index >= 15 is 0 Å². The van der Waals surface area contributed by atoms with Crippen molar-refractivity contribution >= 4 is 5.91 Å². The van der Waals surface area contributed by atoms with Gasteiger partial charge in [-0.05, 0) is 24.1 Å². The molecule has 0 aromatic heterocycles. The van der Waals surface area contributed by atoms with Gasteiger partial charge in [-0.15, -0.1) is 6.58 Å². The molecule has 6 heteroatoms. The van der Waals surface area contributed by atoms with Gasteiger partial charge in [0.1, 0.15) is 0 Å². The minimum atomic E-state index is -0.123. The van der Waals surface area contributed by atoms with Crippen molar-refractivity contribution in [3.05, 3.63) is 36.4 Å². The van der Waals surface area contributed by atoms with Crippen molar-refractivity contribution in [2.45, 2.75) is 6.42 Å². The molecule has 2 rings (SSSR count). The molecule has 1 fully saturated rings. The maximum atomic E-state index is 11.9. The van der Waals surface area contributed by atoms with Crippen molar-refractivity contribution in [2.24, 2.45) is 0 Å². The molecule has 2 N–H and O–H groups in total. The lowest BCUT2D eigenvalue weighted by Gasteiger charge is -2.27. The highest BCUT2D eigenvalue weighted by atomic mass is 16.5. The molecule has 1 aliphatic rings. The van der Waals surface area contributed by atoms with Crippen LogP contribution in [0.5, 0.6) is 11.5 Å². The van der Waals surface area contributed by atoms with E-state index in [4.69, 9.17) is 9.47 Å². The number of hydrogen-bond donors (Lipinski definition) is 2. The van der Waals surface area contributed by atoms with E-state index in [0.717, 1.165) is 44.7 Å². The molecule has 1 heterocycles. The maximum Gasteiger partial charge on any atom is 0.257 e. The standard InChI is InChI=1S/C18H27N3O3/c1-3-4-15-5-6-16(17(13-15)23-2)24-14-18(22)20-9-12-21-10-7-19-8-11-21/h3,5-6,13,19H,1,4,7-12,14H2,2H3,(H,20,22). The van der Waals surface area contributed by atoms with Gasteiger partial charge in [0, 0.05) is 39.3 Å². The third-order valence-electron chi connectivity index (χ3n) is 3.93. The van der Waals surface area contributed by atoms with Crippen molar-refractivity contribution in [1.29, 1.82) is 0 Å². The highest BCUT2D eigenvalue weighted by Crippen LogP contribution is 2.28. The summed E-state index contributed by atoms with van der Waals surface area (Å²) in [5, 5.41) is 6.20. The summed E-state index contributed by atoms with van der Waals surface area (Å²) in [4.78, 5) is 14.2. The van der Waals surface area contributed by atoms with Crippen LogP contribution in [0.1, 0.15) is 5.56 Å². The molecule has 1 aromatic rings. The van der Waals surface area contributed by atoms with E-state index in [2.05, 4.69) is 22.1 Å². The Balaban J connectivity index is 1.73. The van der Waals surface area contributed by atoms with Crippen LogP contribution in [0, 0.1) is 0 Å². The van der Waals surface area contributed by atoms with E-state index in [-0.39, 0.29) is 12.5 Å². The Morgan fingerprint density at radius 3 is 2.88 bits per heavy atom. The summed E-state index contributed by atoms with van der Waals surface area (Å²) < 4.78 is 10.9. The number of allylic oxidation sites excluding steroid dienone is 1. The number of carbonyl (C=O) groups is 1. The van der Waals surface area contributed by atoms with Crippen LogP contribution in [0.3, 0.4) is 0 Å². The number of rotatable bonds is 9. The van der Waals surface area contributed by atoms with Crippen LogP contribution in [0.4, 0.5) is 0 Å². The molecule has 0 unspecified atom stereocenters. The predicted molar refractivity (Wildman–Crippen MR) is 94.7 cm³/mol. The molecule has 24 heavy (non-hydrogen) atoms. The first-order chi connectivity index (χ1) is 11.7. The normalized spacial score (nSPS) is 14.9. The number of carbonyl (C=O) groups excluding carboxylic acids is 1. The van der Waals surface area contributed by atoms with Gasteiger partial charge in [0.05, 0.1) is 7.11 Å². The van der Waals surface area contributed by atoms with Gasteiger partial charge < -0.3 is 20.1 Å². The highest BCUT2D eigenvalue weighted by molar-refractivity contribution is 5.77. The minimum absolute atomic E-state index is 0.0152. The number of piperazine rings is 1. The maximum absolute atomic E-state index is 11.9.